The van der Waals surface area contributed by atoms with Crippen molar-refractivity contribution in [3.8, 4) is 0 Å². The molecule has 2 heterocycles. The molecule has 0 unspecified atom stereocenters. The first-order valence-electron chi connectivity index (χ1n) is 9.65. The summed E-state index contributed by atoms with van der Waals surface area (Å²) in [7, 11) is -1.86. The third kappa shape index (κ3) is 2.35. The first-order valence-corrected chi connectivity index (χ1v) is 12.7. The molecule has 0 spiro atoms. The molecular weight excluding hydrogens is 344 g/mol. The molecule has 27 heavy (non-hydrogen) atoms. The van der Waals surface area contributed by atoms with Gasteiger partial charge in [0, 0.05) is 12.2 Å². The molecule has 0 amide bonds. The molecule has 2 nitrogen and oxygen atoms in total. The summed E-state index contributed by atoms with van der Waals surface area (Å²) in [6.07, 6.45) is 1.06. The highest BCUT2D eigenvalue weighted by molar-refractivity contribution is 7.01. The molecule has 134 valence electrons. The molecule has 0 bridgehead atoms. The van der Waals surface area contributed by atoms with Crippen LogP contribution in [0.2, 0.25) is 13.1 Å². The second-order valence-electron chi connectivity index (χ2n) is 8.28. The van der Waals surface area contributed by atoms with Crippen molar-refractivity contribution in [2.75, 3.05) is 12.3 Å². The maximum absolute atomic E-state index is 6.22. The number of nitrogens with zero attached hydrogens (tertiary/aromatic N) is 1. The molecule has 0 atom stereocenters. The number of hydrogen-bond donors (Lipinski definition) is 1. The summed E-state index contributed by atoms with van der Waals surface area (Å²) >= 11 is 0. The summed E-state index contributed by atoms with van der Waals surface area (Å²) in [5.41, 5.74) is 13.8. The van der Waals surface area contributed by atoms with Crippen LogP contribution in [0.15, 0.2) is 59.6 Å². The lowest BCUT2D eigenvalue weighted by atomic mass is 9.91. The molecule has 0 radical (unpaired) electrons. The highest BCUT2D eigenvalue weighted by Gasteiger charge is 2.35. The Hall–Kier alpha value is -2.65. The van der Waals surface area contributed by atoms with E-state index in [4.69, 9.17) is 10.7 Å². The van der Waals surface area contributed by atoms with Crippen LogP contribution in [0.3, 0.4) is 0 Å². The third-order valence-corrected chi connectivity index (χ3v) is 9.75. The van der Waals surface area contributed by atoms with Gasteiger partial charge in [0.15, 0.2) is 0 Å². The second kappa shape index (κ2) is 5.67. The van der Waals surface area contributed by atoms with Crippen molar-refractivity contribution in [2.45, 2.75) is 26.4 Å². The second-order valence-corrected chi connectivity index (χ2v) is 12.6. The Labute approximate surface area is 161 Å². The van der Waals surface area contributed by atoms with Crippen LogP contribution in [0.1, 0.15) is 22.3 Å². The van der Waals surface area contributed by atoms with E-state index in [1.54, 1.807) is 0 Å². The van der Waals surface area contributed by atoms with Gasteiger partial charge in [0.1, 0.15) is 8.07 Å². The summed E-state index contributed by atoms with van der Waals surface area (Å²) in [6, 6.07) is 20.0. The molecule has 3 aromatic carbocycles. The van der Waals surface area contributed by atoms with Gasteiger partial charge in [-0.1, -0.05) is 43.4 Å². The minimum atomic E-state index is -1.86. The molecule has 5 rings (SSSR count). The molecule has 3 aromatic rings. The number of rotatable bonds is 1. The monoisotopic (exact) mass is 368 g/mol. The van der Waals surface area contributed by atoms with Crippen LogP contribution in [-0.4, -0.2) is 14.6 Å². The predicted octanol–water partition coefficient (Wildman–Crippen LogP) is 2.14. The molecule has 0 aromatic heterocycles. The van der Waals surface area contributed by atoms with E-state index in [-0.39, 0.29) is 0 Å². The largest absolute Gasteiger partial charge is 0.399 e. The van der Waals surface area contributed by atoms with Gasteiger partial charge in [0.25, 0.3) is 0 Å². The zero-order valence-corrected chi connectivity index (χ0v) is 17.1. The fourth-order valence-corrected chi connectivity index (χ4v) is 7.80. The van der Waals surface area contributed by atoms with Crippen molar-refractivity contribution < 1.29 is 0 Å². The van der Waals surface area contributed by atoms with Crippen LogP contribution in [0.25, 0.3) is 5.57 Å². The lowest BCUT2D eigenvalue weighted by Gasteiger charge is -2.33. The van der Waals surface area contributed by atoms with Crippen molar-refractivity contribution in [2.24, 2.45) is 4.99 Å². The van der Waals surface area contributed by atoms with E-state index < -0.39 is 8.07 Å². The maximum Gasteiger partial charge on any atom is 0.114 e. The average molecular weight is 369 g/mol. The lowest BCUT2D eigenvalue weighted by molar-refractivity contribution is 1.02. The maximum atomic E-state index is 6.22. The Morgan fingerprint density at radius 3 is 2.56 bits per heavy atom. The highest BCUT2D eigenvalue weighted by Crippen LogP contribution is 2.27. The van der Waals surface area contributed by atoms with Crippen LogP contribution in [-0.2, 0) is 6.42 Å². The SMILES string of the molecule is Cc1ccccc1C1=c2cc3c(cc2[Si](C)(C)c2cc(N)ccc21)=NCC3. The zero-order valence-electron chi connectivity index (χ0n) is 16.1. The number of hydrogen-bond acceptors (Lipinski definition) is 2. The molecule has 0 saturated heterocycles. The fraction of sp³-hybridized carbons (Fsp3) is 0.208. The molecule has 0 aliphatic carbocycles. The lowest BCUT2D eigenvalue weighted by Crippen LogP contribution is -2.63. The first kappa shape index (κ1) is 16.5. The summed E-state index contributed by atoms with van der Waals surface area (Å²) in [5, 5.41) is 5.54. The molecule has 0 fully saturated rings. The van der Waals surface area contributed by atoms with Crippen LogP contribution in [0.4, 0.5) is 5.69 Å². The zero-order chi connectivity index (χ0) is 18.8. The smallest absolute Gasteiger partial charge is 0.114 e. The van der Waals surface area contributed by atoms with Gasteiger partial charge in [-0.15, -0.1) is 0 Å². The van der Waals surface area contributed by atoms with Crippen LogP contribution in [0.5, 0.6) is 0 Å². The van der Waals surface area contributed by atoms with E-state index in [1.165, 1.54) is 48.8 Å². The van der Waals surface area contributed by atoms with Gasteiger partial charge in [-0.25, -0.2) is 0 Å². The van der Waals surface area contributed by atoms with Crippen LogP contribution >= 0.6 is 0 Å². The van der Waals surface area contributed by atoms with E-state index >= 15 is 0 Å². The minimum Gasteiger partial charge on any atom is -0.399 e. The van der Waals surface area contributed by atoms with Gasteiger partial charge in [-0.2, -0.15) is 0 Å². The van der Waals surface area contributed by atoms with Gasteiger partial charge < -0.3 is 5.73 Å². The van der Waals surface area contributed by atoms with E-state index in [0.717, 1.165) is 18.7 Å². The fourth-order valence-electron chi connectivity index (χ4n) is 4.73. The highest BCUT2D eigenvalue weighted by atomic mass is 28.3. The summed E-state index contributed by atoms with van der Waals surface area (Å²) in [6.45, 7) is 8.01. The summed E-state index contributed by atoms with van der Waals surface area (Å²) < 4.78 is 0. The Kier molecular flexibility index (Phi) is 3.47. The van der Waals surface area contributed by atoms with Gasteiger partial charge in [0.05, 0.1) is 5.36 Å². The van der Waals surface area contributed by atoms with Crippen molar-refractivity contribution in [3.05, 3.63) is 87.4 Å². The van der Waals surface area contributed by atoms with Gasteiger partial charge >= 0.3 is 0 Å². The van der Waals surface area contributed by atoms with Crippen LogP contribution < -0.4 is 26.7 Å². The molecule has 2 aliphatic rings. The predicted molar refractivity (Wildman–Crippen MR) is 116 cm³/mol. The van der Waals surface area contributed by atoms with Gasteiger partial charge in [-0.3, -0.25) is 4.99 Å². The van der Waals surface area contributed by atoms with E-state index in [1.807, 2.05) is 0 Å². The molecule has 3 heteroatoms. The Morgan fingerprint density at radius 1 is 0.926 bits per heavy atom. The van der Waals surface area contributed by atoms with E-state index in [9.17, 15) is 0 Å². The number of benzene rings is 3. The van der Waals surface area contributed by atoms with Crippen molar-refractivity contribution in [1.82, 2.24) is 0 Å². The normalized spacial score (nSPS) is 16.3. The average Bonchev–Trinajstić information content (AvgIpc) is 3.10. The van der Waals surface area contributed by atoms with Gasteiger partial charge in [-0.05, 0) is 81.0 Å². The van der Waals surface area contributed by atoms with Crippen LogP contribution in [0, 0.1) is 6.92 Å². The van der Waals surface area contributed by atoms with E-state index in [0.29, 0.717) is 0 Å². The van der Waals surface area contributed by atoms with Gasteiger partial charge in [0.2, 0.25) is 0 Å². The number of aryl methyl sites for hydroxylation is 1. The quantitative estimate of drug-likeness (QED) is 0.519. The number of fused-ring (bicyclic) bond motifs is 3. The molecule has 0 saturated carbocycles. The Balaban J connectivity index is 2.01. The Bertz CT molecular complexity index is 1220. The van der Waals surface area contributed by atoms with Crippen molar-refractivity contribution >= 4 is 29.7 Å². The third-order valence-electron chi connectivity index (χ3n) is 6.23. The first-order chi connectivity index (χ1) is 13.0. The standard InChI is InChI=1S/C24H24N2Si/c1-15-6-4-5-7-18(15)24-19-9-8-17(25)13-22(19)27(2,3)23-14-21-16(10-11-26-21)12-20(23)24/h4-9,12-14H,10-11,25H2,1-3H3. The molecular formula is C24H24N2Si. The molecule has 2 aliphatic heterocycles. The summed E-state index contributed by atoms with van der Waals surface area (Å²) in [4.78, 5) is 4.75. The number of anilines is 1. The number of nitrogens with two attached hydrogens (primary N) is 1. The number of nitrogen functional groups attached to an aromatic ring is 1. The minimum absolute atomic E-state index is 0.854. The topological polar surface area (TPSA) is 38.4 Å². The molecule has 2 N–H and O–H groups in total. The van der Waals surface area contributed by atoms with Crippen molar-refractivity contribution in [1.29, 1.82) is 0 Å². The Morgan fingerprint density at radius 2 is 1.74 bits per heavy atom. The van der Waals surface area contributed by atoms with E-state index in [2.05, 4.69) is 74.6 Å². The summed E-state index contributed by atoms with van der Waals surface area (Å²) in [5.74, 6) is 0. The van der Waals surface area contributed by atoms with Crippen molar-refractivity contribution in [3.63, 3.8) is 0 Å².